The zero-order chi connectivity index (χ0) is 17.4. The van der Waals surface area contributed by atoms with Gasteiger partial charge in [-0.15, -0.1) is 0 Å². The Balaban J connectivity index is 1.57. The van der Waals surface area contributed by atoms with Gasteiger partial charge in [-0.3, -0.25) is 4.79 Å². The van der Waals surface area contributed by atoms with Gasteiger partial charge >= 0.3 is 0 Å². The number of nitrogens with zero attached hydrogens (tertiary/aromatic N) is 3. The molecule has 1 saturated heterocycles. The van der Waals surface area contributed by atoms with E-state index in [4.69, 9.17) is 4.52 Å². The molecule has 2 aromatic carbocycles. The van der Waals surface area contributed by atoms with Crippen molar-refractivity contribution in [2.24, 2.45) is 0 Å². The normalized spacial score (nSPS) is 17.3. The Kier molecular flexibility index (Phi) is 3.76. The molecule has 0 radical (unpaired) electrons. The van der Waals surface area contributed by atoms with Gasteiger partial charge in [-0.1, -0.05) is 35.5 Å². The van der Waals surface area contributed by atoms with Crippen LogP contribution < -0.4 is 4.90 Å². The van der Waals surface area contributed by atoms with Crippen molar-refractivity contribution in [3.63, 3.8) is 0 Å². The van der Waals surface area contributed by atoms with Crippen LogP contribution in [0.25, 0.3) is 11.4 Å². The van der Waals surface area contributed by atoms with Crippen LogP contribution in [0, 0.1) is 11.6 Å². The summed E-state index contributed by atoms with van der Waals surface area (Å²) in [5.41, 5.74) is 0.861. The minimum absolute atomic E-state index is 0.0525. The predicted octanol–water partition coefficient (Wildman–Crippen LogP) is 3.54. The maximum absolute atomic E-state index is 13.9. The van der Waals surface area contributed by atoms with Crippen molar-refractivity contribution in [3.8, 4) is 11.4 Å². The quantitative estimate of drug-likeness (QED) is 0.731. The molecule has 0 N–H and O–H groups in total. The molecule has 4 rings (SSSR count). The van der Waals surface area contributed by atoms with Crippen LogP contribution >= 0.6 is 0 Å². The third kappa shape index (κ3) is 2.88. The fourth-order valence-corrected chi connectivity index (χ4v) is 2.91. The number of rotatable bonds is 3. The lowest BCUT2D eigenvalue weighted by Gasteiger charge is -2.16. The van der Waals surface area contributed by atoms with E-state index in [0.29, 0.717) is 11.7 Å². The van der Waals surface area contributed by atoms with Crippen LogP contribution in [0.15, 0.2) is 53.1 Å². The number of benzene rings is 2. The number of halogens is 2. The Morgan fingerprint density at radius 3 is 2.68 bits per heavy atom. The first-order valence-electron chi connectivity index (χ1n) is 7.76. The summed E-state index contributed by atoms with van der Waals surface area (Å²) >= 11 is 0. The maximum atomic E-state index is 13.9. The summed E-state index contributed by atoms with van der Waals surface area (Å²) in [5.74, 6) is -1.29. The second-order valence-electron chi connectivity index (χ2n) is 5.82. The van der Waals surface area contributed by atoms with Crippen molar-refractivity contribution in [1.29, 1.82) is 0 Å². The number of carbonyl (C=O) groups is 1. The van der Waals surface area contributed by atoms with Gasteiger partial charge in [-0.25, -0.2) is 8.78 Å². The number of aromatic nitrogens is 2. The largest absolute Gasteiger partial charge is 0.339 e. The molecule has 25 heavy (non-hydrogen) atoms. The fourth-order valence-electron chi connectivity index (χ4n) is 2.91. The molecular formula is C18H13F2N3O2. The number of amides is 1. The Morgan fingerprint density at radius 2 is 1.92 bits per heavy atom. The molecule has 0 bridgehead atoms. The van der Waals surface area contributed by atoms with Gasteiger partial charge < -0.3 is 9.42 Å². The van der Waals surface area contributed by atoms with Gasteiger partial charge in [0.1, 0.15) is 11.6 Å². The molecule has 126 valence electrons. The summed E-state index contributed by atoms with van der Waals surface area (Å²) in [7, 11) is 0. The van der Waals surface area contributed by atoms with Crippen LogP contribution in [0.3, 0.4) is 0 Å². The molecule has 3 aromatic rings. The van der Waals surface area contributed by atoms with Crippen molar-refractivity contribution < 1.29 is 18.1 Å². The average molecular weight is 341 g/mol. The van der Waals surface area contributed by atoms with Crippen LogP contribution in [0.4, 0.5) is 14.5 Å². The van der Waals surface area contributed by atoms with E-state index in [1.807, 2.05) is 30.3 Å². The van der Waals surface area contributed by atoms with E-state index < -0.39 is 11.6 Å². The first kappa shape index (κ1) is 15.4. The Labute approximate surface area is 141 Å². The molecule has 0 saturated carbocycles. The van der Waals surface area contributed by atoms with Crippen LogP contribution in [0.5, 0.6) is 0 Å². The SMILES string of the molecule is O=C1CC(c2nc(-c3ccccc3)no2)CN1c1ccc(F)cc1F. The van der Waals surface area contributed by atoms with Crippen molar-refractivity contribution in [2.45, 2.75) is 12.3 Å². The monoisotopic (exact) mass is 341 g/mol. The highest BCUT2D eigenvalue weighted by atomic mass is 19.1. The summed E-state index contributed by atoms with van der Waals surface area (Å²) in [5, 5.41) is 3.94. The first-order chi connectivity index (χ1) is 12.1. The van der Waals surface area contributed by atoms with Gasteiger partial charge in [0.25, 0.3) is 0 Å². The van der Waals surface area contributed by atoms with E-state index >= 15 is 0 Å². The topological polar surface area (TPSA) is 59.2 Å². The fraction of sp³-hybridized carbons (Fsp3) is 0.167. The van der Waals surface area contributed by atoms with Gasteiger partial charge in [0, 0.05) is 24.6 Å². The molecule has 1 aromatic heterocycles. The summed E-state index contributed by atoms with van der Waals surface area (Å²) < 4.78 is 32.3. The third-order valence-electron chi connectivity index (χ3n) is 4.15. The highest BCUT2D eigenvalue weighted by molar-refractivity contribution is 5.96. The zero-order valence-corrected chi connectivity index (χ0v) is 13.0. The predicted molar refractivity (Wildman–Crippen MR) is 85.8 cm³/mol. The van der Waals surface area contributed by atoms with Crippen LogP contribution in [0.2, 0.25) is 0 Å². The van der Waals surface area contributed by atoms with Gasteiger partial charge in [-0.2, -0.15) is 4.98 Å². The lowest BCUT2D eigenvalue weighted by atomic mass is 10.1. The van der Waals surface area contributed by atoms with Crippen molar-refractivity contribution >= 4 is 11.6 Å². The van der Waals surface area contributed by atoms with E-state index in [1.54, 1.807) is 0 Å². The summed E-state index contributed by atoms with van der Waals surface area (Å²) in [6, 6.07) is 12.5. The first-order valence-corrected chi connectivity index (χ1v) is 7.76. The van der Waals surface area contributed by atoms with Crippen LogP contribution in [-0.4, -0.2) is 22.6 Å². The highest BCUT2D eigenvalue weighted by Crippen LogP contribution is 2.33. The van der Waals surface area contributed by atoms with E-state index in [9.17, 15) is 13.6 Å². The van der Waals surface area contributed by atoms with Gasteiger partial charge in [-0.05, 0) is 12.1 Å². The van der Waals surface area contributed by atoms with Crippen molar-refractivity contribution in [3.05, 3.63) is 66.1 Å². The summed E-state index contributed by atoms with van der Waals surface area (Å²) in [6.07, 6.45) is 0.132. The molecule has 1 aliphatic heterocycles. The lowest BCUT2D eigenvalue weighted by Crippen LogP contribution is -2.25. The van der Waals surface area contributed by atoms with Gasteiger partial charge in [0.05, 0.1) is 11.6 Å². The molecule has 1 aliphatic rings. The number of carbonyl (C=O) groups excluding carboxylic acids is 1. The summed E-state index contributed by atoms with van der Waals surface area (Å²) in [4.78, 5) is 17.9. The van der Waals surface area contributed by atoms with Crippen molar-refractivity contribution in [1.82, 2.24) is 10.1 Å². The Bertz CT molecular complexity index is 927. The zero-order valence-electron chi connectivity index (χ0n) is 13.0. The molecule has 1 fully saturated rings. The molecule has 2 heterocycles. The van der Waals surface area contributed by atoms with Crippen LogP contribution in [-0.2, 0) is 4.79 Å². The smallest absolute Gasteiger partial charge is 0.232 e. The number of hydrogen-bond acceptors (Lipinski definition) is 4. The second kappa shape index (κ2) is 6.08. The lowest BCUT2D eigenvalue weighted by molar-refractivity contribution is -0.117. The third-order valence-corrected chi connectivity index (χ3v) is 4.15. The molecule has 1 atom stereocenters. The van der Waals surface area contributed by atoms with Crippen molar-refractivity contribution in [2.75, 3.05) is 11.4 Å². The maximum Gasteiger partial charge on any atom is 0.232 e. The average Bonchev–Trinajstić information content (AvgIpc) is 3.23. The Hall–Kier alpha value is -3.09. The van der Waals surface area contributed by atoms with E-state index in [0.717, 1.165) is 17.7 Å². The standard InChI is InChI=1S/C18H13F2N3O2/c19-13-6-7-15(14(20)9-13)23-10-12(8-16(23)24)18-21-17(22-25-18)11-4-2-1-3-5-11/h1-7,9,12H,8,10H2. The highest BCUT2D eigenvalue weighted by Gasteiger charge is 2.36. The van der Waals surface area contributed by atoms with Crippen LogP contribution in [0.1, 0.15) is 18.2 Å². The van der Waals surface area contributed by atoms with E-state index in [2.05, 4.69) is 10.1 Å². The van der Waals surface area contributed by atoms with Gasteiger partial charge in [0.15, 0.2) is 0 Å². The molecule has 1 unspecified atom stereocenters. The molecular weight excluding hydrogens is 328 g/mol. The molecule has 1 amide bonds. The molecule has 0 aliphatic carbocycles. The number of anilines is 1. The molecule has 7 heteroatoms. The van der Waals surface area contributed by atoms with E-state index in [1.165, 1.54) is 11.0 Å². The molecule has 0 spiro atoms. The minimum atomic E-state index is -0.774. The van der Waals surface area contributed by atoms with Gasteiger partial charge in [0.2, 0.25) is 17.6 Å². The second-order valence-corrected chi connectivity index (χ2v) is 5.82. The summed E-state index contributed by atoms with van der Waals surface area (Å²) in [6.45, 7) is 0.206. The minimum Gasteiger partial charge on any atom is -0.339 e. The number of hydrogen-bond donors (Lipinski definition) is 0. The van der Waals surface area contributed by atoms with E-state index in [-0.39, 0.29) is 30.5 Å². The molecule has 5 nitrogen and oxygen atoms in total. The Morgan fingerprint density at radius 1 is 1.12 bits per heavy atom.